The number of sulfone groups is 1. The van der Waals surface area contributed by atoms with Gasteiger partial charge in [-0.1, -0.05) is 11.6 Å². The Labute approximate surface area is 134 Å². The molecule has 1 aromatic heterocycles. The molecule has 22 heavy (non-hydrogen) atoms. The van der Waals surface area contributed by atoms with Crippen LogP contribution in [0.4, 0.5) is 5.82 Å². The molecule has 0 spiro atoms. The molecule has 0 bridgehead atoms. The highest BCUT2D eigenvalue weighted by atomic mass is 35.5. The van der Waals surface area contributed by atoms with E-state index in [-0.39, 0.29) is 22.8 Å². The third kappa shape index (κ3) is 2.98. The van der Waals surface area contributed by atoms with E-state index in [1.807, 2.05) is 4.90 Å². The predicted octanol–water partition coefficient (Wildman–Crippen LogP) is 1.18. The number of anilines is 1. The number of likely N-dealkylation sites (tertiary alicyclic amines) is 1. The van der Waals surface area contributed by atoms with Gasteiger partial charge in [0.2, 0.25) is 5.91 Å². The first-order valence-electron chi connectivity index (χ1n) is 7.25. The molecule has 3 atom stereocenters. The lowest BCUT2D eigenvalue weighted by atomic mass is 10.1. The largest absolute Gasteiger partial charge is 0.309 e. The van der Waals surface area contributed by atoms with Crippen LogP contribution < -0.4 is 5.32 Å². The second-order valence-electron chi connectivity index (χ2n) is 5.93. The Kier molecular flexibility index (Phi) is 4.13. The van der Waals surface area contributed by atoms with Crippen molar-refractivity contribution in [2.24, 2.45) is 5.92 Å². The van der Waals surface area contributed by atoms with E-state index in [2.05, 4.69) is 10.3 Å². The van der Waals surface area contributed by atoms with Gasteiger partial charge in [-0.05, 0) is 31.4 Å². The smallest absolute Gasteiger partial charge is 0.242 e. The van der Waals surface area contributed by atoms with E-state index in [4.69, 9.17) is 11.6 Å². The molecule has 0 aliphatic carbocycles. The summed E-state index contributed by atoms with van der Waals surface area (Å²) >= 11 is 5.76. The van der Waals surface area contributed by atoms with Gasteiger partial charge in [-0.3, -0.25) is 9.69 Å². The number of carbonyl (C=O) groups is 1. The fourth-order valence-corrected chi connectivity index (χ4v) is 5.46. The van der Waals surface area contributed by atoms with Crippen LogP contribution in [0.3, 0.4) is 0 Å². The van der Waals surface area contributed by atoms with E-state index in [1.54, 1.807) is 19.1 Å². The molecule has 2 aliphatic heterocycles. The molecule has 3 rings (SSSR count). The molecule has 1 amide bonds. The predicted molar refractivity (Wildman–Crippen MR) is 84.6 cm³/mol. The van der Waals surface area contributed by atoms with Crippen LogP contribution >= 0.6 is 11.6 Å². The van der Waals surface area contributed by atoms with Gasteiger partial charge in [0.1, 0.15) is 5.82 Å². The topological polar surface area (TPSA) is 79.4 Å². The van der Waals surface area contributed by atoms with Gasteiger partial charge in [0, 0.05) is 19.3 Å². The molecule has 3 heterocycles. The van der Waals surface area contributed by atoms with Gasteiger partial charge in [0.15, 0.2) is 9.84 Å². The summed E-state index contributed by atoms with van der Waals surface area (Å²) in [5, 5.41) is 2.93. The number of fused-ring (bicyclic) bond motifs is 1. The molecule has 2 saturated heterocycles. The molecule has 0 aromatic carbocycles. The Morgan fingerprint density at radius 3 is 2.86 bits per heavy atom. The van der Waals surface area contributed by atoms with Crippen LogP contribution in [-0.4, -0.2) is 54.3 Å². The monoisotopic (exact) mass is 343 g/mol. The fraction of sp³-hybridized carbons (Fsp3) is 0.571. The van der Waals surface area contributed by atoms with Crippen molar-refractivity contribution in [3.05, 3.63) is 23.4 Å². The maximum atomic E-state index is 12.3. The molecule has 1 N–H and O–H groups in total. The van der Waals surface area contributed by atoms with Crippen LogP contribution in [0.1, 0.15) is 13.3 Å². The first-order valence-corrected chi connectivity index (χ1v) is 9.34. The van der Waals surface area contributed by atoms with Crippen LogP contribution in [0.5, 0.6) is 0 Å². The normalized spacial score (nSPS) is 28.3. The second kappa shape index (κ2) is 5.79. The maximum Gasteiger partial charge on any atom is 0.242 e. The number of hydrogen-bond donors (Lipinski definition) is 1. The SMILES string of the molecule is CC(C(=O)Nc1ccc(Cl)cn1)N1C[C@@H]2CCS(=O)(=O)[C@@H]2C1. The van der Waals surface area contributed by atoms with Crippen molar-refractivity contribution >= 4 is 33.2 Å². The van der Waals surface area contributed by atoms with E-state index in [0.717, 1.165) is 0 Å². The Morgan fingerprint density at radius 1 is 1.45 bits per heavy atom. The maximum absolute atomic E-state index is 12.3. The van der Waals surface area contributed by atoms with Gasteiger partial charge in [-0.15, -0.1) is 0 Å². The van der Waals surface area contributed by atoms with Crippen LogP contribution in [-0.2, 0) is 14.6 Å². The number of hydrogen-bond acceptors (Lipinski definition) is 5. The minimum Gasteiger partial charge on any atom is -0.309 e. The zero-order valence-corrected chi connectivity index (χ0v) is 13.8. The second-order valence-corrected chi connectivity index (χ2v) is 8.71. The molecular weight excluding hydrogens is 326 g/mol. The van der Waals surface area contributed by atoms with Crippen molar-refractivity contribution in [2.45, 2.75) is 24.6 Å². The van der Waals surface area contributed by atoms with Crippen LogP contribution in [0.25, 0.3) is 0 Å². The molecule has 120 valence electrons. The zero-order chi connectivity index (χ0) is 15.9. The molecule has 1 unspecified atom stereocenters. The standard InChI is InChI=1S/C14H18ClN3O3S/c1-9(14(19)17-13-3-2-11(15)6-16-13)18-7-10-4-5-22(20,21)12(10)8-18/h2-3,6,9-10,12H,4-5,7-8H2,1H3,(H,16,17,19)/t9?,10-,12+/m0/s1. The van der Waals surface area contributed by atoms with Gasteiger partial charge >= 0.3 is 0 Å². The van der Waals surface area contributed by atoms with Crippen LogP contribution in [0, 0.1) is 5.92 Å². The highest BCUT2D eigenvalue weighted by Crippen LogP contribution is 2.34. The lowest BCUT2D eigenvalue weighted by Crippen LogP contribution is -2.42. The molecule has 2 fully saturated rings. The molecule has 8 heteroatoms. The average Bonchev–Trinajstić information content (AvgIpc) is 3.02. The van der Waals surface area contributed by atoms with Crippen molar-refractivity contribution < 1.29 is 13.2 Å². The molecular formula is C14H18ClN3O3S. The van der Waals surface area contributed by atoms with Gasteiger partial charge in [-0.25, -0.2) is 13.4 Å². The summed E-state index contributed by atoms with van der Waals surface area (Å²) in [7, 11) is -2.98. The van der Waals surface area contributed by atoms with E-state index < -0.39 is 15.9 Å². The Morgan fingerprint density at radius 2 is 2.23 bits per heavy atom. The number of rotatable bonds is 3. The summed E-state index contributed by atoms with van der Waals surface area (Å²) in [5.74, 6) is 0.695. The number of nitrogens with zero attached hydrogens (tertiary/aromatic N) is 2. The summed E-state index contributed by atoms with van der Waals surface area (Å²) in [6, 6.07) is 2.90. The van der Waals surface area contributed by atoms with Crippen molar-refractivity contribution in [3.8, 4) is 0 Å². The van der Waals surface area contributed by atoms with Gasteiger partial charge in [0.05, 0.1) is 22.1 Å². The van der Waals surface area contributed by atoms with E-state index in [1.165, 1.54) is 6.20 Å². The summed E-state index contributed by atoms with van der Waals surface area (Å²) in [6.07, 6.45) is 2.17. The number of aromatic nitrogens is 1. The van der Waals surface area contributed by atoms with Gasteiger partial charge in [0.25, 0.3) is 0 Å². The quantitative estimate of drug-likeness (QED) is 0.891. The molecule has 0 radical (unpaired) electrons. The zero-order valence-electron chi connectivity index (χ0n) is 12.2. The minimum absolute atomic E-state index is 0.161. The number of pyridine rings is 1. The molecule has 1 aromatic rings. The van der Waals surface area contributed by atoms with Crippen LogP contribution in [0.15, 0.2) is 18.3 Å². The summed E-state index contributed by atoms with van der Waals surface area (Å²) in [6.45, 7) is 2.89. The van der Waals surface area contributed by atoms with Crippen molar-refractivity contribution in [3.63, 3.8) is 0 Å². The first kappa shape index (κ1) is 15.7. The Bertz CT molecular complexity index is 677. The van der Waals surface area contributed by atoms with Crippen molar-refractivity contribution in [1.82, 2.24) is 9.88 Å². The Hall–Kier alpha value is -1.18. The van der Waals surface area contributed by atoms with E-state index >= 15 is 0 Å². The highest BCUT2D eigenvalue weighted by molar-refractivity contribution is 7.92. The average molecular weight is 344 g/mol. The number of halogens is 1. The van der Waals surface area contributed by atoms with Crippen LogP contribution in [0.2, 0.25) is 5.02 Å². The fourth-order valence-electron chi connectivity index (χ4n) is 3.19. The Balaban J connectivity index is 1.63. The lowest BCUT2D eigenvalue weighted by Gasteiger charge is -2.23. The van der Waals surface area contributed by atoms with Crippen molar-refractivity contribution in [1.29, 1.82) is 0 Å². The highest BCUT2D eigenvalue weighted by Gasteiger charge is 2.47. The third-order valence-corrected chi connectivity index (χ3v) is 7.03. The number of nitrogens with one attached hydrogen (secondary N) is 1. The third-order valence-electron chi connectivity index (χ3n) is 4.55. The summed E-state index contributed by atoms with van der Waals surface area (Å²) < 4.78 is 23.9. The van der Waals surface area contributed by atoms with E-state index in [0.29, 0.717) is 30.4 Å². The number of amides is 1. The summed E-state index contributed by atoms with van der Waals surface area (Å²) in [4.78, 5) is 18.3. The molecule has 0 saturated carbocycles. The molecule has 2 aliphatic rings. The lowest BCUT2D eigenvalue weighted by molar-refractivity contribution is -0.120. The first-order chi connectivity index (χ1) is 10.4. The number of carbonyl (C=O) groups excluding carboxylic acids is 1. The molecule has 6 nitrogen and oxygen atoms in total. The minimum atomic E-state index is -2.98. The van der Waals surface area contributed by atoms with Gasteiger partial charge < -0.3 is 5.32 Å². The van der Waals surface area contributed by atoms with Gasteiger partial charge in [-0.2, -0.15) is 0 Å². The van der Waals surface area contributed by atoms with E-state index in [9.17, 15) is 13.2 Å². The summed E-state index contributed by atoms with van der Waals surface area (Å²) in [5.41, 5.74) is 0. The van der Waals surface area contributed by atoms with Crippen molar-refractivity contribution in [2.75, 3.05) is 24.2 Å².